The van der Waals surface area contributed by atoms with Crippen LogP contribution in [0.3, 0.4) is 0 Å². The molecule has 33 heavy (non-hydrogen) atoms. The third-order valence-corrected chi connectivity index (χ3v) is 7.03. The van der Waals surface area contributed by atoms with E-state index in [1.807, 2.05) is 35.0 Å². The maximum atomic E-state index is 13.2. The summed E-state index contributed by atoms with van der Waals surface area (Å²) >= 11 is 1.57. The van der Waals surface area contributed by atoms with Crippen molar-refractivity contribution in [2.45, 2.75) is 13.5 Å². The molecule has 0 bridgehead atoms. The van der Waals surface area contributed by atoms with Crippen molar-refractivity contribution in [3.8, 4) is 0 Å². The topological polar surface area (TPSA) is 43.9 Å². The fourth-order valence-corrected chi connectivity index (χ4v) is 5.33. The van der Waals surface area contributed by atoms with Crippen molar-refractivity contribution in [3.63, 3.8) is 0 Å². The molecular formula is C27H27N3O2S. The van der Waals surface area contributed by atoms with Crippen LogP contribution in [-0.4, -0.2) is 54.3 Å². The Balaban J connectivity index is 1.27. The largest absolute Gasteiger partial charge is 0.368 e. The second kappa shape index (κ2) is 9.33. The van der Waals surface area contributed by atoms with Crippen molar-refractivity contribution in [2.24, 2.45) is 0 Å². The molecule has 168 valence electrons. The molecule has 5 nitrogen and oxygen atoms in total. The second-order valence-electron chi connectivity index (χ2n) is 8.69. The van der Waals surface area contributed by atoms with Crippen LogP contribution < -0.4 is 4.90 Å². The number of anilines is 1. The number of nitrogens with zero attached hydrogens (tertiary/aromatic N) is 3. The number of hydrogen-bond acceptors (Lipinski definition) is 5. The molecule has 2 aliphatic rings. The number of fused-ring (bicyclic) bond motifs is 1. The van der Waals surface area contributed by atoms with Crippen LogP contribution in [0.1, 0.15) is 38.8 Å². The Bertz CT molecular complexity index is 1180. The van der Waals surface area contributed by atoms with Gasteiger partial charge in [0.1, 0.15) is 0 Å². The third-order valence-electron chi connectivity index (χ3n) is 6.30. The summed E-state index contributed by atoms with van der Waals surface area (Å²) in [6.07, 6.45) is 2.24. The first-order valence-electron chi connectivity index (χ1n) is 11.3. The number of imide groups is 1. The Morgan fingerprint density at radius 2 is 1.73 bits per heavy atom. The van der Waals surface area contributed by atoms with Crippen LogP contribution in [-0.2, 0) is 6.54 Å². The van der Waals surface area contributed by atoms with E-state index in [4.69, 9.17) is 0 Å². The van der Waals surface area contributed by atoms with E-state index in [-0.39, 0.29) is 11.8 Å². The fraction of sp³-hybridized carbons (Fsp3) is 0.259. The molecule has 0 radical (unpaired) electrons. The molecule has 3 aromatic rings. The maximum Gasteiger partial charge on any atom is 0.263 e. The molecule has 3 heterocycles. The molecule has 1 aromatic heterocycles. The highest BCUT2D eigenvalue weighted by Gasteiger charge is 2.38. The van der Waals surface area contributed by atoms with Crippen molar-refractivity contribution in [1.82, 2.24) is 9.80 Å². The predicted molar refractivity (Wildman–Crippen MR) is 134 cm³/mol. The number of piperazine rings is 1. The van der Waals surface area contributed by atoms with Crippen molar-refractivity contribution < 1.29 is 9.59 Å². The molecule has 0 spiro atoms. The molecule has 0 unspecified atom stereocenters. The van der Waals surface area contributed by atoms with Gasteiger partial charge in [-0.3, -0.25) is 19.4 Å². The molecular weight excluding hydrogens is 430 g/mol. The van der Waals surface area contributed by atoms with Gasteiger partial charge in [0.05, 0.1) is 23.4 Å². The minimum absolute atomic E-state index is 0.180. The van der Waals surface area contributed by atoms with Crippen LogP contribution in [0.4, 0.5) is 5.69 Å². The lowest BCUT2D eigenvalue weighted by Crippen LogP contribution is -2.47. The smallest absolute Gasteiger partial charge is 0.263 e. The average Bonchev–Trinajstić information content (AvgIpc) is 3.43. The Morgan fingerprint density at radius 1 is 0.939 bits per heavy atom. The molecule has 6 heteroatoms. The highest BCUT2D eigenvalue weighted by atomic mass is 32.1. The summed E-state index contributed by atoms with van der Waals surface area (Å²) in [5.41, 5.74) is 5.52. The normalized spacial score (nSPS) is 17.1. The van der Waals surface area contributed by atoms with Crippen LogP contribution in [0.25, 0.3) is 6.08 Å². The SMILES string of the molecule is C/C(=C\c1ccccc1)CN1CCN(c2cccc3c2C(=O)N(Cc2ccsc2)C3=O)CC1. The van der Waals surface area contributed by atoms with E-state index >= 15 is 0 Å². The van der Waals surface area contributed by atoms with Gasteiger partial charge in [-0.05, 0) is 47.0 Å². The lowest BCUT2D eigenvalue weighted by Gasteiger charge is -2.36. The lowest BCUT2D eigenvalue weighted by molar-refractivity contribution is 0.0642. The lowest BCUT2D eigenvalue weighted by atomic mass is 10.1. The quantitative estimate of drug-likeness (QED) is 0.500. The van der Waals surface area contributed by atoms with Crippen LogP contribution >= 0.6 is 11.3 Å². The summed E-state index contributed by atoms with van der Waals surface area (Å²) in [5, 5.41) is 3.95. The summed E-state index contributed by atoms with van der Waals surface area (Å²) in [4.78, 5) is 32.3. The molecule has 2 amide bonds. The first kappa shape index (κ1) is 21.6. The van der Waals surface area contributed by atoms with Gasteiger partial charge in [-0.2, -0.15) is 11.3 Å². The van der Waals surface area contributed by atoms with Crippen LogP contribution in [0.15, 0.2) is 70.9 Å². The van der Waals surface area contributed by atoms with E-state index in [1.54, 1.807) is 17.4 Å². The summed E-state index contributed by atoms with van der Waals surface area (Å²) in [6, 6.07) is 18.0. The van der Waals surface area contributed by atoms with Gasteiger partial charge in [-0.25, -0.2) is 0 Å². The van der Waals surface area contributed by atoms with E-state index in [0.717, 1.165) is 44.0 Å². The van der Waals surface area contributed by atoms with Gasteiger partial charge in [-0.1, -0.05) is 48.0 Å². The highest BCUT2D eigenvalue weighted by molar-refractivity contribution is 7.07. The van der Waals surface area contributed by atoms with Crippen LogP contribution in [0.2, 0.25) is 0 Å². The van der Waals surface area contributed by atoms with Crippen molar-refractivity contribution in [2.75, 3.05) is 37.6 Å². The first-order chi connectivity index (χ1) is 16.1. The van der Waals surface area contributed by atoms with Crippen molar-refractivity contribution >= 4 is 34.9 Å². The summed E-state index contributed by atoms with van der Waals surface area (Å²) in [5.74, 6) is -0.371. The molecule has 0 atom stereocenters. The van der Waals surface area contributed by atoms with Gasteiger partial charge in [0.15, 0.2) is 0 Å². The Kier molecular flexibility index (Phi) is 6.11. The maximum absolute atomic E-state index is 13.2. The summed E-state index contributed by atoms with van der Waals surface area (Å²) < 4.78 is 0. The van der Waals surface area contributed by atoms with Crippen molar-refractivity contribution in [3.05, 3.63) is 93.2 Å². The molecule has 0 N–H and O–H groups in total. The molecule has 5 rings (SSSR count). The minimum Gasteiger partial charge on any atom is -0.368 e. The van der Waals surface area contributed by atoms with Gasteiger partial charge in [0, 0.05) is 32.7 Å². The van der Waals surface area contributed by atoms with E-state index in [0.29, 0.717) is 17.7 Å². The standard InChI is InChI=1S/C27H27N3O2S/c1-20(16-21-6-3-2-4-7-21)17-28-11-13-29(14-12-28)24-9-5-8-23-25(24)27(32)30(26(23)31)18-22-10-15-33-19-22/h2-10,15-16,19H,11-14,17-18H2,1H3/b20-16+. The highest BCUT2D eigenvalue weighted by Crippen LogP contribution is 2.33. The number of carbonyl (C=O) groups excluding carboxylic acids is 2. The number of amides is 2. The number of hydrogen-bond donors (Lipinski definition) is 0. The van der Waals surface area contributed by atoms with E-state index < -0.39 is 0 Å². The minimum atomic E-state index is -0.191. The van der Waals surface area contributed by atoms with E-state index in [1.165, 1.54) is 16.0 Å². The Labute approximate surface area is 198 Å². The predicted octanol–water partition coefficient (Wildman–Crippen LogP) is 4.77. The first-order valence-corrected chi connectivity index (χ1v) is 12.2. The molecule has 0 aliphatic carbocycles. The van der Waals surface area contributed by atoms with E-state index in [9.17, 15) is 9.59 Å². The van der Waals surface area contributed by atoms with Crippen LogP contribution in [0.5, 0.6) is 0 Å². The Hall–Kier alpha value is -3.22. The fourth-order valence-electron chi connectivity index (χ4n) is 4.67. The van der Waals surface area contributed by atoms with Gasteiger partial charge in [-0.15, -0.1) is 0 Å². The molecule has 1 fully saturated rings. The number of benzene rings is 2. The molecule has 2 aromatic carbocycles. The zero-order valence-electron chi connectivity index (χ0n) is 18.7. The zero-order chi connectivity index (χ0) is 22.8. The molecule has 1 saturated heterocycles. The van der Waals surface area contributed by atoms with Gasteiger partial charge >= 0.3 is 0 Å². The summed E-state index contributed by atoms with van der Waals surface area (Å²) in [6.45, 7) is 6.95. The number of thiophene rings is 1. The van der Waals surface area contributed by atoms with Crippen molar-refractivity contribution in [1.29, 1.82) is 0 Å². The molecule has 0 saturated carbocycles. The number of rotatable bonds is 6. The molecule has 2 aliphatic heterocycles. The Morgan fingerprint density at radius 3 is 2.45 bits per heavy atom. The van der Waals surface area contributed by atoms with E-state index in [2.05, 4.69) is 47.1 Å². The third kappa shape index (κ3) is 4.49. The number of carbonyl (C=O) groups is 2. The average molecular weight is 458 g/mol. The van der Waals surface area contributed by atoms with Gasteiger partial charge in [0.25, 0.3) is 11.8 Å². The van der Waals surface area contributed by atoms with Gasteiger partial charge in [0.2, 0.25) is 0 Å². The van der Waals surface area contributed by atoms with Gasteiger partial charge < -0.3 is 4.90 Å². The monoisotopic (exact) mass is 457 g/mol. The summed E-state index contributed by atoms with van der Waals surface area (Å²) in [7, 11) is 0. The zero-order valence-corrected chi connectivity index (χ0v) is 19.6. The second-order valence-corrected chi connectivity index (χ2v) is 9.47. The van der Waals surface area contributed by atoms with Crippen LogP contribution in [0, 0.1) is 0 Å².